The number of ether oxygens (including phenoxy) is 1. The lowest BCUT2D eigenvalue weighted by atomic mass is 9.79. The Labute approximate surface area is 120 Å². The van der Waals surface area contributed by atoms with Crippen molar-refractivity contribution in [3.8, 4) is 0 Å². The Bertz CT molecular complexity index is 225. The summed E-state index contributed by atoms with van der Waals surface area (Å²) in [5.41, 5.74) is 0.403. The van der Waals surface area contributed by atoms with E-state index in [1.165, 1.54) is 51.6 Å². The van der Waals surface area contributed by atoms with Crippen molar-refractivity contribution in [3.05, 3.63) is 0 Å². The summed E-state index contributed by atoms with van der Waals surface area (Å²) >= 11 is 0. The van der Waals surface area contributed by atoms with Gasteiger partial charge in [-0.15, -0.1) is 0 Å². The van der Waals surface area contributed by atoms with E-state index in [2.05, 4.69) is 31.1 Å². The summed E-state index contributed by atoms with van der Waals surface area (Å²) in [5.74, 6) is 0.730. The largest absolute Gasteiger partial charge is 0.383 e. The minimum atomic E-state index is 0.403. The van der Waals surface area contributed by atoms with Gasteiger partial charge in [0.15, 0.2) is 0 Å². The molecule has 0 saturated heterocycles. The molecule has 0 radical (unpaired) electrons. The molecule has 1 N–H and O–H groups in total. The van der Waals surface area contributed by atoms with Crippen LogP contribution in [0, 0.1) is 5.92 Å². The van der Waals surface area contributed by atoms with Crippen molar-refractivity contribution in [1.82, 2.24) is 10.2 Å². The molecule has 0 bridgehead atoms. The number of hydrogen-bond donors (Lipinski definition) is 1. The third-order valence-corrected chi connectivity index (χ3v) is 4.48. The van der Waals surface area contributed by atoms with Gasteiger partial charge in [0.2, 0.25) is 0 Å². The summed E-state index contributed by atoms with van der Waals surface area (Å²) in [4.78, 5) is 2.57. The predicted molar refractivity (Wildman–Crippen MR) is 82.6 cm³/mol. The molecule has 1 aliphatic carbocycles. The first-order chi connectivity index (χ1) is 9.12. The van der Waals surface area contributed by atoms with Gasteiger partial charge >= 0.3 is 0 Å². The lowest BCUT2D eigenvalue weighted by Crippen LogP contribution is -2.47. The Morgan fingerprint density at radius 2 is 1.84 bits per heavy atom. The molecule has 1 aliphatic rings. The van der Waals surface area contributed by atoms with Gasteiger partial charge < -0.3 is 15.0 Å². The van der Waals surface area contributed by atoms with Gasteiger partial charge in [0, 0.05) is 25.7 Å². The summed E-state index contributed by atoms with van der Waals surface area (Å²) in [6.07, 6.45) is 8.18. The molecule has 3 nitrogen and oxygen atoms in total. The average Bonchev–Trinajstić information content (AvgIpc) is 2.42. The second-order valence-electron chi connectivity index (χ2n) is 6.53. The molecular weight excluding hydrogens is 236 g/mol. The van der Waals surface area contributed by atoms with Crippen molar-refractivity contribution in [1.29, 1.82) is 0 Å². The van der Waals surface area contributed by atoms with Crippen LogP contribution in [0.1, 0.15) is 52.4 Å². The standard InChI is InChI=1S/C16H34N2O/c1-15(2)14-18(12-13-19-4)11-10-16(17-3)8-6-5-7-9-16/h15,17H,5-14H2,1-4H3. The molecule has 3 heteroatoms. The van der Waals surface area contributed by atoms with E-state index in [9.17, 15) is 0 Å². The fourth-order valence-corrected chi connectivity index (χ4v) is 3.26. The minimum absolute atomic E-state index is 0.403. The van der Waals surface area contributed by atoms with E-state index in [1.54, 1.807) is 7.11 Å². The Morgan fingerprint density at radius 1 is 1.16 bits per heavy atom. The monoisotopic (exact) mass is 270 g/mol. The van der Waals surface area contributed by atoms with Gasteiger partial charge in [0.1, 0.15) is 0 Å². The van der Waals surface area contributed by atoms with Gasteiger partial charge in [-0.1, -0.05) is 33.1 Å². The minimum Gasteiger partial charge on any atom is -0.383 e. The molecule has 0 unspecified atom stereocenters. The van der Waals surface area contributed by atoms with Crippen LogP contribution in [0.25, 0.3) is 0 Å². The first-order valence-corrected chi connectivity index (χ1v) is 8.02. The van der Waals surface area contributed by atoms with E-state index >= 15 is 0 Å². The summed E-state index contributed by atoms with van der Waals surface area (Å²) < 4.78 is 5.24. The predicted octanol–water partition coefficient (Wildman–Crippen LogP) is 2.90. The second-order valence-corrected chi connectivity index (χ2v) is 6.53. The number of nitrogens with zero attached hydrogens (tertiary/aromatic N) is 1. The van der Waals surface area contributed by atoms with Crippen LogP contribution in [0.4, 0.5) is 0 Å². The highest BCUT2D eigenvalue weighted by molar-refractivity contribution is 4.90. The zero-order valence-corrected chi connectivity index (χ0v) is 13.5. The lowest BCUT2D eigenvalue weighted by Gasteiger charge is -2.39. The maximum absolute atomic E-state index is 5.24. The molecule has 0 spiro atoms. The molecule has 0 aromatic heterocycles. The second kappa shape index (κ2) is 8.93. The third kappa shape index (κ3) is 6.24. The van der Waals surface area contributed by atoms with E-state index in [-0.39, 0.29) is 0 Å². The van der Waals surface area contributed by atoms with Gasteiger partial charge in [-0.3, -0.25) is 0 Å². The molecular formula is C16H34N2O. The van der Waals surface area contributed by atoms with Crippen LogP contribution in [-0.2, 0) is 4.74 Å². The molecule has 0 atom stereocenters. The van der Waals surface area contributed by atoms with Gasteiger partial charge in [0.25, 0.3) is 0 Å². The molecule has 1 rings (SSSR count). The fourth-order valence-electron chi connectivity index (χ4n) is 3.26. The van der Waals surface area contributed by atoms with Crippen molar-refractivity contribution < 1.29 is 4.74 Å². The Morgan fingerprint density at radius 3 is 2.37 bits per heavy atom. The van der Waals surface area contributed by atoms with E-state index in [1.807, 2.05) is 0 Å². The van der Waals surface area contributed by atoms with Crippen LogP contribution in [0.5, 0.6) is 0 Å². The van der Waals surface area contributed by atoms with Crippen molar-refractivity contribution in [2.75, 3.05) is 40.4 Å². The third-order valence-electron chi connectivity index (χ3n) is 4.48. The molecule has 0 aromatic rings. The quantitative estimate of drug-likeness (QED) is 0.697. The first kappa shape index (κ1) is 16.9. The first-order valence-electron chi connectivity index (χ1n) is 8.02. The Balaban J connectivity index is 2.43. The van der Waals surface area contributed by atoms with Gasteiger partial charge in [-0.25, -0.2) is 0 Å². The lowest BCUT2D eigenvalue weighted by molar-refractivity contribution is 0.123. The van der Waals surface area contributed by atoms with Crippen molar-refractivity contribution >= 4 is 0 Å². The summed E-state index contributed by atoms with van der Waals surface area (Å²) in [6, 6.07) is 0. The van der Waals surface area contributed by atoms with Gasteiger partial charge in [-0.2, -0.15) is 0 Å². The number of rotatable bonds is 9. The topological polar surface area (TPSA) is 24.5 Å². The van der Waals surface area contributed by atoms with Gasteiger partial charge in [-0.05, 0) is 38.8 Å². The van der Waals surface area contributed by atoms with Crippen molar-refractivity contribution in [2.45, 2.75) is 57.9 Å². The van der Waals surface area contributed by atoms with Crippen LogP contribution in [0.15, 0.2) is 0 Å². The van der Waals surface area contributed by atoms with Crippen LogP contribution < -0.4 is 5.32 Å². The Kier molecular flexibility index (Phi) is 7.96. The highest BCUT2D eigenvalue weighted by atomic mass is 16.5. The van der Waals surface area contributed by atoms with Crippen LogP contribution in [-0.4, -0.2) is 50.8 Å². The van der Waals surface area contributed by atoms with E-state index in [0.29, 0.717) is 5.54 Å². The van der Waals surface area contributed by atoms with Crippen LogP contribution >= 0.6 is 0 Å². The summed E-state index contributed by atoms with van der Waals surface area (Å²) in [5, 5.41) is 3.62. The maximum Gasteiger partial charge on any atom is 0.0589 e. The molecule has 0 heterocycles. The normalized spacial score (nSPS) is 19.3. The highest BCUT2D eigenvalue weighted by Crippen LogP contribution is 2.30. The molecule has 0 aliphatic heterocycles. The number of methoxy groups -OCH3 is 1. The van der Waals surface area contributed by atoms with Crippen molar-refractivity contribution in [2.24, 2.45) is 5.92 Å². The number of nitrogens with one attached hydrogen (secondary N) is 1. The summed E-state index contributed by atoms with van der Waals surface area (Å²) in [7, 11) is 3.94. The molecule has 1 fully saturated rings. The van der Waals surface area contributed by atoms with E-state index in [4.69, 9.17) is 4.74 Å². The Hall–Kier alpha value is -0.120. The molecule has 114 valence electrons. The zero-order valence-electron chi connectivity index (χ0n) is 13.5. The van der Waals surface area contributed by atoms with E-state index < -0.39 is 0 Å². The number of hydrogen-bond acceptors (Lipinski definition) is 3. The van der Waals surface area contributed by atoms with Gasteiger partial charge in [0.05, 0.1) is 6.61 Å². The maximum atomic E-state index is 5.24. The molecule has 19 heavy (non-hydrogen) atoms. The average molecular weight is 270 g/mol. The molecule has 0 amide bonds. The van der Waals surface area contributed by atoms with Crippen LogP contribution in [0.3, 0.4) is 0 Å². The molecule has 1 saturated carbocycles. The SMILES string of the molecule is CNC1(CCN(CCOC)CC(C)C)CCCCC1. The molecule has 0 aromatic carbocycles. The van der Waals surface area contributed by atoms with E-state index in [0.717, 1.165) is 19.1 Å². The zero-order chi connectivity index (χ0) is 14.1. The smallest absolute Gasteiger partial charge is 0.0589 e. The fraction of sp³-hybridized carbons (Fsp3) is 1.00. The highest BCUT2D eigenvalue weighted by Gasteiger charge is 2.30. The van der Waals surface area contributed by atoms with Crippen molar-refractivity contribution in [3.63, 3.8) is 0 Å². The van der Waals surface area contributed by atoms with Crippen LogP contribution in [0.2, 0.25) is 0 Å². The summed E-state index contributed by atoms with van der Waals surface area (Å²) in [6.45, 7) is 8.89.